The van der Waals surface area contributed by atoms with Crippen molar-refractivity contribution in [2.45, 2.75) is 109 Å². The number of ether oxygens (including phenoxy) is 3. The second-order valence-electron chi connectivity index (χ2n) is 11.8. The van der Waals surface area contributed by atoms with Crippen LogP contribution in [0.5, 0.6) is 0 Å². The van der Waals surface area contributed by atoms with Crippen molar-refractivity contribution >= 4 is 29.7 Å². The molecule has 6 fully saturated rings. The minimum Gasteiger partial charge on any atom is -0.435 e. The standard InChI is InChI=1S/C27H38N2O11/c1-15-6-7-18-16(2)24(36-25-27(18)17(15)12-13-26(3,37-25)39-40-27)35-22(33)11-8-19(30)28-14-4-5-23(34)38-29-20(31)9-10-21(29)32/h15-18,24-25H,4-14H2,1-3H3,(H,28,30). The zero-order valence-corrected chi connectivity index (χ0v) is 23.2. The molecule has 1 aliphatic carbocycles. The highest BCUT2D eigenvalue weighted by Crippen LogP contribution is 2.60. The van der Waals surface area contributed by atoms with Crippen LogP contribution >= 0.6 is 0 Å². The molecule has 13 heteroatoms. The van der Waals surface area contributed by atoms with Crippen molar-refractivity contribution in [1.82, 2.24) is 10.4 Å². The number of nitrogens with zero attached hydrogens (tertiary/aromatic N) is 1. The summed E-state index contributed by atoms with van der Waals surface area (Å²) in [5.41, 5.74) is -0.748. The van der Waals surface area contributed by atoms with E-state index in [1.54, 1.807) is 0 Å². The third-order valence-electron chi connectivity index (χ3n) is 8.98. The number of hydroxylamine groups is 2. The van der Waals surface area contributed by atoms with Crippen LogP contribution in [0.15, 0.2) is 0 Å². The van der Waals surface area contributed by atoms with Gasteiger partial charge < -0.3 is 24.4 Å². The Morgan fingerprint density at radius 2 is 1.73 bits per heavy atom. The average Bonchev–Trinajstić information content (AvgIpc) is 3.07. The largest absolute Gasteiger partial charge is 0.435 e. The molecule has 1 spiro atoms. The van der Waals surface area contributed by atoms with E-state index in [-0.39, 0.29) is 68.7 Å². The predicted molar refractivity (Wildman–Crippen MR) is 132 cm³/mol. The average molecular weight is 567 g/mol. The number of carbonyl (C=O) groups excluding carboxylic acids is 5. The summed E-state index contributed by atoms with van der Waals surface area (Å²) in [6.07, 6.45) is 1.89. The third-order valence-corrected chi connectivity index (χ3v) is 8.98. The molecule has 6 rings (SSSR count). The van der Waals surface area contributed by atoms with Gasteiger partial charge in [0.1, 0.15) is 0 Å². The number of esters is 1. The van der Waals surface area contributed by atoms with Gasteiger partial charge >= 0.3 is 11.9 Å². The Hall–Kier alpha value is -2.61. The van der Waals surface area contributed by atoms with Gasteiger partial charge in [0, 0.05) is 50.5 Å². The zero-order valence-electron chi connectivity index (χ0n) is 23.2. The van der Waals surface area contributed by atoms with Crippen molar-refractivity contribution in [3.8, 4) is 0 Å². The van der Waals surface area contributed by atoms with Crippen molar-refractivity contribution in [1.29, 1.82) is 0 Å². The SMILES string of the molecule is CC1CCC2C(C)C(OC(=O)CCC(=O)NCCCC(=O)ON3C(=O)CCC3=O)OC3OC4(C)CCC1C32OO4. The minimum absolute atomic E-state index is 0.0181. The van der Waals surface area contributed by atoms with Gasteiger partial charge in [0.2, 0.25) is 18.0 Å². The number of fused-ring (bicyclic) bond motifs is 2. The van der Waals surface area contributed by atoms with Crippen LogP contribution < -0.4 is 5.32 Å². The summed E-state index contributed by atoms with van der Waals surface area (Å²) in [4.78, 5) is 76.4. The highest BCUT2D eigenvalue weighted by atomic mass is 17.3. The number of hydrogen-bond donors (Lipinski definition) is 1. The smallest absolute Gasteiger partial charge is 0.333 e. The number of hydrogen-bond acceptors (Lipinski definition) is 11. The molecule has 5 aliphatic heterocycles. The molecule has 0 aromatic heterocycles. The van der Waals surface area contributed by atoms with Gasteiger partial charge in [-0.1, -0.05) is 13.8 Å². The first-order valence-corrected chi connectivity index (χ1v) is 14.3. The lowest BCUT2D eigenvalue weighted by Gasteiger charge is -2.59. The Balaban J connectivity index is 1.06. The quantitative estimate of drug-likeness (QED) is 0.188. The van der Waals surface area contributed by atoms with E-state index in [1.165, 1.54) is 0 Å². The van der Waals surface area contributed by atoms with Crippen molar-refractivity contribution < 1.29 is 52.8 Å². The summed E-state index contributed by atoms with van der Waals surface area (Å²) in [7, 11) is 0. The molecule has 6 aliphatic rings. The van der Waals surface area contributed by atoms with Crippen LogP contribution in [-0.4, -0.2) is 65.2 Å². The van der Waals surface area contributed by atoms with Crippen LogP contribution in [0.4, 0.5) is 0 Å². The van der Waals surface area contributed by atoms with Gasteiger partial charge in [-0.15, -0.1) is 5.06 Å². The molecule has 1 saturated carbocycles. The van der Waals surface area contributed by atoms with Gasteiger partial charge in [0.25, 0.3) is 11.8 Å². The lowest BCUT2D eigenvalue weighted by Crippen LogP contribution is -2.70. The first kappa shape index (κ1) is 28.9. The molecule has 5 heterocycles. The minimum atomic E-state index is -0.926. The van der Waals surface area contributed by atoms with Crippen LogP contribution in [0.2, 0.25) is 0 Å². The summed E-state index contributed by atoms with van der Waals surface area (Å²) >= 11 is 0. The summed E-state index contributed by atoms with van der Waals surface area (Å²) in [5, 5.41) is 3.12. The van der Waals surface area contributed by atoms with Crippen LogP contribution in [0.3, 0.4) is 0 Å². The maximum Gasteiger partial charge on any atom is 0.333 e. The molecule has 0 radical (unpaired) electrons. The molecule has 8 atom stereocenters. The molecule has 5 saturated heterocycles. The first-order valence-electron chi connectivity index (χ1n) is 14.3. The molecule has 40 heavy (non-hydrogen) atoms. The van der Waals surface area contributed by atoms with E-state index in [0.717, 1.165) is 19.3 Å². The molecule has 222 valence electrons. The maximum absolute atomic E-state index is 12.7. The van der Waals surface area contributed by atoms with E-state index in [0.29, 0.717) is 17.4 Å². The van der Waals surface area contributed by atoms with Crippen LogP contribution in [-0.2, 0) is 52.8 Å². The van der Waals surface area contributed by atoms with Gasteiger partial charge in [-0.05, 0) is 44.4 Å². The molecular weight excluding hydrogens is 528 g/mol. The predicted octanol–water partition coefficient (Wildman–Crippen LogP) is 2.02. The molecular formula is C27H38N2O11. The lowest BCUT2D eigenvalue weighted by atomic mass is 9.58. The van der Waals surface area contributed by atoms with Gasteiger partial charge in [0.15, 0.2) is 11.9 Å². The lowest BCUT2D eigenvalue weighted by molar-refractivity contribution is -0.576. The highest BCUT2D eigenvalue weighted by molar-refractivity contribution is 6.01. The Morgan fingerprint density at radius 1 is 0.975 bits per heavy atom. The van der Waals surface area contributed by atoms with Gasteiger partial charge in [0.05, 0.1) is 6.42 Å². The fourth-order valence-electron chi connectivity index (χ4n) is 6.76. The number of nitrogens with one attached hydrogen (secondary N) is 1. The Morgan fingerprint density at radius 3 is 2.48 bits per heavy atom. The second kappa shape index (κ2) is 11.3. The van der Waals surface area contributed by atoms with E-state index >= 15 is 0 Å². The van der Waals surface area contributed by atoms with Gasteiger partial charge in [-0.3, -0.25) is 19.2 Å². The Bertz CT molecular complexity index is 1040. The van der Waals surface area contributed by atoms with Crippen molar-refractivity contribution in [3.63, 3.8) is 0 Å². The molecule has 3 amide bonds. The molecule has 2 bridgehead atoms. The van der Waals surface area contributed by atoms with E-state index in [1.807, 2.05) is 13.8 Å². The second-order valence-corrected chi connectivity index (χ2v) is 11.8. The van der Waals surface area contributed by atoms with E-state index < -0.39 is 47.7 Å². The number of amides is 3. The summed E-state index contributed by atoms with van der Waals surface area (Å²) in [5.74, 6) is -3.21. The van der Waals surface area contributed by atoms with Crippen molar-refractivity contribution in [2.75, 3.05) is 6.54 Å². The van der Waals surface area contributed by atoms with Crippen molar-refractivity contribution in [3.05, 3.63) is 0 Å². The molecule has 13 nitrogen and oxygen atoms in total. The molecule has 1 N–H and O–H groups in total. The molecule has 0 aromatic rings. The van der Waals surface area contributed by atoms with Crippen molar-refractivity contribution in [2.24, 2.45) is 23.7 Å². The number of rotatable bonds is 9. The van der Waals surface area contributed by atoms with Crippen LogP contribution in [0.25, 0.3) is 0 Å². The summed E-state index contributed by atoms with van der Waals surface area (Å²) in [6, 6.07) is 0. The van der Waals surface area contributed by atoms with Gasteiger partial charge in [-0.25, -0.2) is 14.6 Å². The van der Waals surface area contributed by atoms with E-state index in [4.69, 9.17) is 28.8 Å². The summed E-state index contributed by atoms with van der Waals surface area (Å²) in [6.45, 7) is 6.20. The number of imide groups is 1. The zero-order chi connectivity index (χ0) is 28.7. The Kier molecular flexibility index (Phi) is 8.20. The van der Waals surface area contributed by atoms with Gasteiger partial charge in [-0.2, -0.15) is 0 Å². The van der Waals surface area contributed by atoms with E-state index in [2.05, 4.69) is 12.2 Å². The van der Waals surface area contributed by atoms with E-state index in [9.17, 15) is 24.0 Å². The maximum atomic E-state index is 12.7. The number of carbonyl (C=O) groups is 5. The normalized spacial score (nSPS) is 38.4. The monoisotopic (exact) mass is 566 g/mol. The Labute approximate surface area is 232 Å². The fourth-order valence-corrected chi connectivity index (χ4v) is 6.76. The molecule has 0 aromatic carbocycles. The third kappa shape index (κ3) is 5.48. The van der Waals surface area contributed by atoms with Crippen LogP contribution in [0, 0.1) is 23.7 Å². The molecule has 8 unspecified atom stereocenters. The fraction of sp³-hybridized carbons (Fsp3) is 0.815. The topological polar surface area (TPSA) is 156 Å². The first-order chi connectivity index (χ1) is 19.0. The highest BCUT2D eigenvalue weighted by Gasteiger charge is 2.69. The van der Waals surface area contributed by atoms with Crippen LogP contribution in [0.1, 0.15) is 85.0 Å². The summed E-state index contributed by atoms with van der Waals surface area (Å²) < 4.78 is 18.2.